The van der Waals surface area contributed by atoms with Crippen molar-refractivity contribution < 1.29 is 0 Å². The van der Waals surface area contributed by atoms with Crippen LogP contribution in [0.2, 0.25) is 0 Å². The van der Waals surface area contributed by atoms with Gasteiger partial charge in [-0.2, -0.15) is 5.10 Å². The van der Waals surface area contributed by atoms with Crippen LogP contribution in [-0.2, 0) is 18.0 Å². The van der Waals surface area contributed by atoms with Gasteiger partial charge in [-0.25, -0.2) is 4.98 Å². The van der Waals surface area contributed by atoms with E-state index >= 15 is 0 Å². The Morgan fingerprint density at radius 3 is 2.00 bits per heavy atom. The minimum atomic E-state index is -0.356. The van der Waals surface area contributed by atoms with Gasteiger partial charge in [0.2, 0.25) is 0 Å². The molecule has 0 saturated heterocycles. The Labute approximate surface area is 98.2 Å². The molecule has 1 heterocycles. The van der Waals surface area contributed by atoms with Gasteiger partial charge in [-0.15, -0.1) is 0 Å². The number of hydrogen-bond acceptors (Lipinski definition) is 3. The van der Waals surface area contributed by atoms with Gasteiger partial charge >= 0.3 is 0 Å². The number of aromatic nitrogens is 3. The summed E-state index contributed by atoms with van der Waals surface area (Å²) < 4.78 is 1.83. The smallest absolute Gasteiger partial charge is 0.156 e. The van der Waals surface area contributed by atoms with E-state index in [-0.39, 0.29) is 11.0 Å². The maximum atomic E-state index is 6.35. The first kappa shape index (κ1) is 13.2. The fourth-order valence-electron chi connectivity index (χ4n) is 1.70. The van der Waals surface area contributed by atoms with E-state index in [4.69, 9.17) is 5.73 Å². The number of nitrogens with zero attached hydrogens (tertiary/aromatic N) is 3. The molecule has 1 aromatic rings. The van der Waals surface area contributed by atoms with E-state index in [1.165, 1.54) is 0 Å². The minimum Gasteiger partial charge on any atom is -0.319 e. The maximum Gasteiger partial charge on any atom is 0.156 e. The summed E-state index contributed by atoms with van der Waals surface area (Å²) in [7, 11) is 1.92. The quantitative estimate of drug-likeness (QED) is 0.855. The topological polar surface area (TPSA) is 56.7 Å². The third-order valence-corrected chi connectivity index (χ3v) is 3.14. The highest BCUT2D eigenvalue weighted by molar-refractivity contribution is 5.10. The van der Waals surface area contributed by atoms with E-state index in [9.17, 15) is 0 Å². The van der Waals surface area contributed by atoms with Crippen molar-refractivity contribution in [2.45, 2.75) is 58.4 Å². The SMILES string of the molecule is CCC(N)(CC)c1nc(C(C)(C)C)nn1C. The number of hydrogen-bond donors (Lipinski definition) is 1. The zero-order chi connectivity index (χ0) is 12.6. The van der Waals surface area contributed by atoms with Crippen LogP contribution in [0.4, 0.5) is 0 Å². The second-order valence-electron chi connectivity index (χ2n) is 5.50. The molecule has 0 atom stereocenters. The summed E-state index contributed by atoms with van der Waals surface area (Å²) in [6.45, 7) is 10.5. The van der Waals surface area contributed by atoms with Crippen LogP contribution >= 0.6 is 0 Å². The number of rotatable bonds is 3. The summed E-state index contributed by atoms with van der Waals surface area (Å²) in [6, 6.07) is 0. The van der Waals surface area contributed by atoms with Crippen LogP contribution in [0.25, 0.3) is 0 Å². The number of aryl methyl sites for hydroxylation is 1. The molecular weight excluding hydrogens is 200 g/mol. The predicted octanol–water partition coefficient (Wildman–Crippen LogP) is 2.09. The molecule has 2 N–H and O–H groups in total. The molecule has 0 fully saturated rings. The monoisotopic (exact) mass is 224 g/mol. The van der Waals surface area contributed by atoms with Gasteiger partial charge in [-0.05, 0) is 12.8 Å². The molecule has 0 unspecified atom stereocenters. The normalized spacial score (nSPS) is 13.2. The van der Waals surface area contributed by atoms with E-state index in [0.29, 0.717) is 0 Å². The van der Waals surface area contributed by atoms with Crippen LogP contribution in [0.5, 0.6) is 0 Å². The summed E-state index contributed by atoms with van der Waals surface area (Å²) >= 11 is 0. The van der Waals surface area contributed by atoms with Crippen LogP contribution in [-0.4, -0.2) is 14.8 Å². The molecule has 0 aliphatic heterocycles. The first-order valence-corrected chi connectivity index (χ1v) is 5.95. The lowest BCUT2D eigenvalue weighted by atomic mass is 9.92. The lowest BCUT2D eigenvalue weighted by Crippen LogP contribution is -2.38. The number of nitrogens with two attached hydrogens (primary N) is 1. The van der Waals surface area contributed by atoms with Crippen molar-refractivity contribution >= 4 is 0 Å². The molecule has 0 radical (unpaired) electrons. The Hall–Kier alpha value is -0.900. The van der Waals surface area contributed by atoms with Crippen LogP contribution in [0.1, 0.15) is 59.1 Å². The molecule has 0 aliphatic carbocycles. The average molecular weight is 224 g/mol. The third-order valence-electron chi connectivity index (χ3n) is 3.14. The first-order valence-electron chi connectivity index (χ1n) is 5.95. The highest BCUT2D eigenvalue weighted by Gasteiger charge is 2.31. The van der Waals surface area contributed by atoms with E-state index in [2.05, 4.69) is 44.7 Å². The van der Waals surface area contributed by atoms with Crippen LogP contribution in [0, 0.1) is 0 Å². The van der Waals surface area contributed by atoms with E-state index in [1.54, 1.807) is 0 Å². The zero-order valence-corrected chi connectivity index (χ0v) is 11.3. The van der Waals surface area contributed by atoms with Gasteiger partial charge in [0.05, 0.1) is 5.54 Å². The predicted molar refractivity (Wildman–Crippen MR) is 66.2 cm³/mol. The van der Waals surface area contributed by atoms with Crippen LogP contribution in [0.15, 0.2) is 0 Å². The van der Waals surface area contributed by atoms with Crippen molar-refractivity contribution in [3.63, 3.8) is 0 Å². The standard InChI is InChI=1S/C12H24N4/c1-7-12(13,8-2)10-14-9(11(3,4)5)15-16(10)6/h7-8,13H2,1-6H3. The maximum absolute atomic E-state index is 6.35. The molecule has 4 heteroatoms. The second kappa shape index (κ2) is 4.17. The lowest BCUT2D eigenvalue weighted by Gasteiger charge is -2.25. The molecule has 0 amide bonds. The highest BCUT2D eigenvalue weighted by Crippen LogP contribution is 2.26. The van der Waals surface area contributed by atoms with Gasteiger partial charge in [-0.3, -0.25) is 4.68 Å². The molecule has 0 bridgehead atoms. The van der Waals surface area contributed by atoms with Crippen LogP contribution < -0.4 is 5.73 Å². The summed E-state index contributed by atoms with van der Waals surface area (Å²) in [6.07, 6.45) is 1.75. The van der Waals surface area contributed by atoms with Gasteiger partial charge < -0.3 is 5.73 Å². The minimum absolute atomic E-state index is 0.0294. The fourth-order valence-corrected chi connectivity index (χ4v) is 1.70. The fraction of sp³-hybridized carbons (Fsp3) is 0.833. The Kier molecular flexibility index (Phi) is 3.43. The molecule has 1 aromatic heterocycles. The highest BCUT2D eigenvalue weighted by atomic mass is 15.3. The van der Waals surface area contributed by atoms with Crippen LogP contribution in [0.3, 0.4) is 0 Å². The average Bonchev–Trinajstić information content (AvgIpc) is 2.59. The molecule has 1 rings (SSSR count). The van der Waals surface area contributed by atoms with Gasteiger partial charge in [0.15, 0.2) is 5.82 Å². The molecule has 0 aromatic carbocycles. The van der Waals surface area contributed by atoms with Gasteiger partial charge in [-0.1, -0.05) is 34.6 Å². The second-order valence-corrected chi connectivity index (χ2v) is 5.50. The zero-order valence-electron chi connectivity index (χ0n) is 11.3. The van der Waals surface area contributed by atoms with E-state index in [1.807, 2.05) is 11.7 Å². The summed E-state index contributed by atoms with van der Waals surface area (Å²) in [5.74, 6) is 1.75. The van der Waals surface area contributed by atoms with Crippen molar-refractivity contribution in [1.82, 2.24) is 14.8 Å². The third kappa shape index (κ3) is 2.26. The van der Waals surface area contributed by atoms with Crippen molar-refractivity contribution in [3.8, 4) is 0 Å². The molecule has 0 aliphatic rings. The van der Waals surface area contributed by atoms with E-state index in [0.717, 1.165) is 24.5 Å². The molecule has 16 heavy (non-hydrogen) atoms. The molecule has 0 spiro atoms. The molecular formula is C12H24N4. The van der Waals surface area contributed by atoms with E-state index < -0.39 is 0 Å². The lowest BCUT2D eigenvalue weighted by molar-refractivity contribution is 0.370. The Morgan fingerprint density at radius 2 is 1.69 bits per heavy atom. The van der Waals surface area contributed by atoms with Gasteiger partial charge in [0.25, 0.3) is 0 Å². The molecule has 92 valence electrons. The summed E-state index contributed by atoms with van der Waals surface area (Å²) in [4.78, 5) is 4.62. The van der Waals surface area contributed by atoms with Gasteiger partial charge in [0, 0.05) is 12.5 Å². The van der Waals surface area contributed by atoms with Crippen molar-refractivity contribution in [2.24, 2.45) is 12.8 Å². The Morgan fingerprint density at radius 1 is 1.19 bits per heavy atom. The van der Waals surface area contributed by atoms with Crippen molar-refractivity contribution in [1.29, 1.82) is 0 Å². The van der Waals surface area contributed by atoms with Gasteiger partial charge in [0.1, 0.15) is 5.82 Å². The Bertz CT molecular complexity index is 356. The van der Waals surface area contributed by atoms with Crippen molar-refractivity contribution in [2.75, 3.05) is 0 Å². The largest absolute Gasteiger partial charge is 0.319 e. The first-order chi connectivity index (χ1) is 7.24. The summed E-state index contributed by atoms with van der Waals surface area (Å²) in [5.41, 5.74) is 5.97. The molecule has 4 nitrogen and oxygen atoms in total. The Balaban J connectivity index is 3.21. The van der Waals surface area contributed by atoms with Crippen molar-refractivity contribution in [3.05, 3.63) is 11.6 Å². The summed E-state index contributed by atoms with van der Waals surface area (Å²) in [5, 5.41) is 4.47. The molecule has 0 saturated carbocycles.